The van der Waals surface area contributed by atoms with Gasteiger partial charge in [0.1, 0.15) is 4.90 Å². The highest BCUT2D eigenvalue weighted by molar-refractivity contribution is 8.14. The van der Waals surface area contributed by atoms with Crippen molar-refractivity contribution >= 4 is 51.0 Å². The van der Waals surface area contributed by atoms with Crippen LogP contribution < -0.4 is 0 Å². The maximum atomic E-state index is 13.5. The van der Waals surface area contributed by atoms with Crippen molar-refractivity contribution < 1.29 is 13.5 Å². The maximum absolute atomic E-state index is 13.5. The highest BCUT2D eigenvalue weighted by Gasteiger charge is 2.44. The van der Waals surface area contributed by atoms with E-state index in [2.05, 4.69) is 4.99 Å². The molecule has 0 bridgehead atoms. The molecule has 0 amide bonds. The van der Waals surface area contributed by atoms with Crippen LogP contribution in [-0.4, -0.2) is 59.8 Å². The highest BCUT2D eigenvalue weighted by Crippen LogP contribution is 2.40. The van der Waals surface area contributed by atoms with Gasteiger partial charge in [0.25, 0.3) is 0 Å². The lowest BCUT2D eigenvalue weighted by Gasteiger charge is -2.34. The predicted octanol–water partition coefficient (Wildman–Crippen LogP) is 4.94. The molecule has 0 aromatic heterocycles. The molecule has 1 saturated heterocycles. The maximum Gasteiger partial charge on any atom is 0.244 e. The summed E-state index contributed by atoms with van der Waals surface area (Å²) >= 11 is 7.84. The van der Waals surface area contributed by atoms with Crippen LogP contribution in [0.25, 0.3) is 0 Å². The van der Waals surface area contributed by atoms with Gasteiger partial charge in [-0.25, -0.2) is 8.42 Å². The second kappa shape index (κ2) is 12.7. The van der Waals surface area contributed by atoms with Gasteiger partial charge in [-0.15, -0.1) is 12.4 Å². The number of benzene rings is 1. The van der Waals surface area contributed by atoms with Gasteiger partial charge in [0, 0.05) is 31.7 Å². The first kappa shape index (κ1) is 28.5. The Bertz CT molecular complexity index is 844. The number of hydrogen-bond donors (Lipinski definition) is 1. The fraction of sp³-hybridized carbons (Fsp3) is 0.667. The smallest absolute Gasteiger partial charge is 0.244 e. The van der Waals surface area contributed by atoms with Crippen molar-refractivity contribution in [1.29, 1.82) is 0 Å². The zero-order valence-electron chi connectivity index (χ0n) is 18.8. The standard InChI is InChI=1S/C21H34ClN3O3S2.ClH/c1-5-9-13-24(14-10-6-2)30(27,28)19-15-17(11-12-18(19)22)21(26)16-29-20(23-7-3)25(21)8-4;/h11-12,15,26H,5-10,13-14,16H2,1-4H3;1H. The Labute approximate surface area is 202 Å². The van der Waals surface area contributed by atoms with Gasteiger partial charge >= 0.3 is 0 Å². The van der Waals surface area contributed by atoms with E-state index in [1.165, 1.54) is 16.1 Å². The summed E-state index contributed by atoms with van der Waals surface area (Å²) in [4.78, 5) is 6.36. The minimum atomic E-state index is -3.77. The van der Waals surface area contributed by atoms with Crippen molar-refractivity contribution in [3.8, 4) is 0 Å². The van der Waals surface area contributed by atoms with Gasteiger partial charge in [-0.2, -0.15) is 4.31 Å². The van der Waals surface area contributed by atoms with E-state index in [4.69, 9.17) is 11.6 Å². The molecule has 0 aliphatic carbocycles. The van der Waals surface area contributed by atoms with Gasteiger partial charge in [0.2, 0.25) is 10.0 Å². The molecule has 0 saturated carbocycles. The molecule has 0 spiro atoms. The minimum Gasteiger partial charge on any atom is -0.366 e. The van der Waals surface area contributed by atoms with E-state index in [1.54, 1.807) is 18.2 Å². The molecule has 2 rings (SSSR count). The van der Waals surface area contributed by atoms with Crippen LogP contribution in [0.3, 0.4) is 0 Å². The molecule has 1 aliphatic heterocycles. The molecule has 1 aromatic rings. The summed E-state index contributed by atoms with van der Waals surface area (Å²) in [6.45, 7) is 10.1. The van der Waals surface area contributed by atoms with Crippen LogP contribution in [0.1, 0.15) is 58.9 Å². The average molecular weight is 513 g/mol. The van der Waals surface area contributed by atoms with E-state index in [0.717, 1.165) is 30.9 Å². The van der Waals surface area contributed by atoms with Crippen LogP contribution in [0.4, 0.5) is 0 Å². The molecule has 31 heavy (non-hydrogen) atoms. The quantitative estimate of drug-likeness (QED) is 0.455. The molecule has 1 aliphatic rings. The number of sulfonamides is 1. The first-order valence-electron chi connectivity index (χ1n) is 10.7. The zero-order valence-corrected chi connectivity index (χ0v) is 22.0. The third-order valence-electron chi connectivity index (χ3n) is 5.22. The third-order valence-corrected chi connectivity index (χ3v) is 8.76. The van der Waals surface area contributed by atoms with Gasteiger partial charge in [0.05, 0.1) is 10.8 Å². The molecular weight excluding hydrogens is 477 g/mol. The lowest BCUT2D eigenvalue weighted by Crippen LogP contribution is -2.45. The van der Waals surface area contributed by atoms with Crippen LogP contribution in [0, 0.1) is 0 Å². The average Bonchev–Trinajstić information content (AvgIpc) is 3.04. The van der Waals surface area contributed by atoms with Crippen LogP contribution >= 0.6 is 35.8 Å². The van der Waals surface area contributed by atoms with Crippen LogP contribution in [0.5, 0.6) is 0 Å². The summed E-state index contributed by atoms with van der Waals surface area (Å²) < 4.78 is 28.5. The molecule has 1 aromatic carbocycles. The Morgan fingerprint density at radius 2 is 1.81 bits per heavy atom. The lowest BCUT2D eigenvalue weighted by atomic mass is 10.0. The molecule has 1 fully saturated rings. The van der Waals surface area contributed by atoms with Crippen molar-refractivity contribution in [2.24, 2.45) is 4.99 Å². The molecular formula is C21H35Cl2N3O3S2. The van der Waals surface area contributed by atoms with E-state index < -0.39 is 15.7 Å². The second-order valence-corrected chi connectivity index (χ2v) is 10.6. The van der Waals surface area contributed by atoms with Crippen molar-refractivity contribution in [3.05, 3.63) is 28.8 Å². The summed E-state index contributed by atoms with van der Waals surface area (Å²) in [6.07, 6.45) is 3.41. The van der Waals surface area contributed by atoms with Gasteiger partial charge in [-0.3, -0.25) is 4.99 Å². The molecule has 178 valence electrons. The summed E-state index contributed by atoms with van der Waals surface area (Å²) in [5.74, 6) is 0.385. The Morgan fingerprint density at radius 3 is 2.32 bits per heavy atom. The van der Waals surface area contributed by atoms with E-state index in [1.807, 2.05) is 32.6 Å². The number of hydrogen-bond acceptors (Lipinski definition) is 5. The SMILES string of the molecule is CCCCN(CCCC)S(=O)(=O)c1cc(C2(O)CSC(=NCC)N2CC)ccc1Cl.Cl. The van der Waals surface area contributed by atoms with Crippen molar-refractivity contribution in [1.82, 2.24) is 9.21 Å². The molecule has 1 heterocycles. The Kier molecular flexibility index (Phi) is 11.6. The largest absolute Gasteiger partial charge is 0.366 e. The summed E-state index contributed by atoms with van der Waals surface area (Å²) in [5.41, 5.74) is -0.799. The van der Waals surface area contributed by atoms with Crippen LogP contribution in [-0.2, 0) is 15.7 Å². The first-order chi connectivity index (χ1) is 14.3. The minimum absolute atomic E-state index is 0. The van der Waals surface area contributed by atoms with Crippen molar-refractivity contribution in [3.63, 3.8) is 0 Å². The highest BCUT2D eigenvalue weighted by atomic mass is 35.5. The van der Waals surface area contributed by atoms with Crippen molar-refractivity contribution in [2.45, 2.75) is 64.0 Å². The molecule has 1 N–H and O–H groups in total. The Morgan fingerprint density at radius 1 is 1.19 bits per heavy atom. The van der Waals surface area contributed by atoms with E-state index in [9.17, 15) is 13.5 Å². The predicted molar refractivity (Wildman–Crippen MR) is 134 cm³/mol. The second-order valence-electron chi connectivity index (χ2n) is 7.36. The molecule has 6 nitrogen and oxygen atoms in total. The number of amidine groups is 1. The fourth-order valence-electron chi connectivity index (χ4n) is 3.49. The van der Waals surface area contributed by atoms with Crippen LogP contribution in [0.2, 0.25) is 5.02 Å². The van der Waals surface area contributed by atoms with Gasteiger partial charge in [-0.05, 0) is 38.8 Å². The molecule has 10 heteroatoms. The normalized spacial score (nSPS) is 20.5. The molecule has 0 radical (unpaired) electrons. The summed E-state index contributed by atoms with van der Waals surface area (Å²) in [7, 11) is -3.77. The summed E-state index contributed by atoms with van der Waals surface area (Å²) in [6, 6.07) is 4.83. The van der Waals surface area contributed by atoms with E-state index in [0.29, 0.717) is 37.5 Å². The number of thioether (sulfide) groups is 1. The summed E-state index contributed by atoms with van der Waals surface area (Å²) in [5, 5.41) is 12.4. The number of aliphatic imine (C=N–C) groups is 1. The zero-order chi connectivity index (χ0) is 22.4. The van der Waals surface area contributed by atoms with Gasteiger partial charge in [0.15, 0.2) is 10.9 Å². The first-order valence-corrected chi connectivity index (χ1v) is 13.5. The van der Waals surface area contributed by atoms with Gasteiger partial charge < -0.3 is 10.0 Å². The molecule has 1 atom stereocenters. The van der Waals surface area contributed by atoms with E-state index in [-0.39, 0.29) is 22.3 Å². The number of unbranched alkanes of at least 4 members (excludes halogenated alkanes) is 2. The Hall–Kier alpha value is -0.510. The number of nitrogens with zero attached hydrogens (tertiary/aromatic N) is 3. The van der Waals surface area contributed by atoms with Crippen LogP contribution in [0.15, 0.2) is 28.1 Å². The third kappa shape index (κ3) is 6.30. The fourth-order valence-corrected chi connectivity index (χ4v) is 6.82. The number of rotatable bonds is 11. The number of halogens is 2. The van der Waals surface area contributed by atoms with E-state index >= 15 is 0 Å². The number of aliphatic hydroxyl groups is 1. The van der Waals surface area contributed by atoms with Gasteiger partial charge in [-0.1, -0.05) is 56.1 Å². The van der Waals surface area contributed by atoms with Crippen molar-refractivity contribution in [2.75, 3.05) is 31.9 Å². The Balaban J connectivity index is 0.00000480. The monoisotopic (exact) mass is 511 g/mol. The lowest BCUT2D eigenvalue weighted by molar-refractivity contribution is -0.0455. The topological polar surface area (TPSA) is 73.2 Å². The molecule has 1 unspecified atom stereocenters.